The zero-order chi connectivity index (χ0) is 9.97. The average molecular weight is 194 g/mol. The maximum Gasteiger partial charge on any atom is 0.272 e. The molecule has 0 aromatic carbocycles. The molecule has 5 heteroatoms. The van der Waals surface area contributed by atoms with Crippen molar-refractivity contribution in [1.29, 1.82) is 0 Å². The Kier molecular flexibility index (Phi) is 2.49. The van der Waals surface area contributed by atoms with E-state index in [2.05, 4.69) is 10.2 Å². The number of aromatic nitrogens is 2. The first-order valence-electron chi connectivity index (χ1n) is 4.83. The molecule has 1 aliphatic heterocycles. The van der Waals surface area contributed by atoms with E-state index in [-0.39, 0.29) is 11.9 Å². The third-order valence-corrected chi connectivity index (χ3v) is 2.64. The summed E-state index contributed by atoms with van der Waals surface area (Å²) in [5.74, 6) is 0.00968. The third-order valence-electron chi connectivity index (χ3n) is 2.64. The van der Waals surface area contributed by atoms with Gasteiger partial charge >= 0.3 is 0 Å². The fourth-order valence-electron chi connectivity index (χ4n) is 1.88. The van der Waals surface area contributed by atoms with Crippen LogP contribution >= 0.6 is 0 Å². The minimum absolute atomic E-state index is 0.00968. The molecule has 76 valence electrons. The monoisotopic (exact) mass is 194 g/mol. The molecule has 2 heterocycles. The second-order valence-corrected chi connectivity index (χ2v) is 3.50. The fraction of sp³-hybridized carbons (Fsp3) is 0.556. The smallest absolute Gasteiger partial charge is 0.272 e. The molecule has 1 fully saturated rings. The van der Waals surface area contributed by atoms with E-state index >= 15 is 0 Å². The van der Waals surface area contributed by atoms with Gasteiger partial charge in [0.1, 0.15) is 5.69 Å². The number of carbonyl (C=O) groups is 1. The Hall–Kier alpha value is -1.36. The Morgan fingerprint density at radius 3 is 3.29 bits per heavy atom. The third kappa shape index (κ3) is 1.50. The normalized spacial score (nSPS) is 21.5. The van der Waals surface area contributed by atoms with Gasteiger partial charge in [-0.15, -0.1) is 0 Å². The summed E-state index contributed by atoms with van der Waals surface area (Å²) in [5, 5.41) is 6.44. The zero-order valence-electron chi connectivity index (χ0n) is 7.94. The number of rotatable bonds is 2. The molecular formula is C9H14N4O. The Balaban J connectivity index is 2.11. The first kappa shape index (κ1) is 9.21. The second kappa shape index (κ2) is 3.79. The molecule has 1 aromatic heterocycles. The maximum atomic E-state index is 11.9. The van der Waals surface area contributed by atoms with E-state index in [0.717, 1.165) is 19.4 Å². The second-order valence-electron chi connectivity index (χ2n) is 3.50. The molecule has 1 aromatic rings. The van der Waals surface area contributed by atoms with E-state index in [1.54, 1.807) is 12.3 Å². The van der Waals surface area contributed by atoms with Crippen molar-refractivity contribution in [2.24, 2.45) is 5.73 Å². The van der Waals surface area contributed by atoms with Crippen LogP contribution in [0.25, 0.3) is 0 Å². The summed E-state index contributed by atoms with van der Waals surface area (Å²) in [7, 11) is 0. The number of nitrogens with two attached hydrogens (primary N) is 1. The number of hydrogen-bond acceptors (Lipinski definition) is 3. The zero-order valence-corrected chi connectivity index (χ0v) is 7.94. The number of aromatic amines is 1. The van der Waals surface area contributed by atoms with Crippen molar-refractivity contribution in [3.05, 3.63) is 18.0 Å². The van der Waals surface area contributed by atoms with Crippen molar-refractivity contribution < 1.29 is 4.79 Å². The van der Waals surface area contributed by atoms with Crippen molar-refractivity contribution >= 4 is 5.91 Å². The lowest BCUT2D eigenvalue weighted by atomic mass is 10.2. The lowest BCUT2D eigenvalue weighted by molar-refractivity contribution is 0.0735. The van der Waals surface area contributed by atoms with Gasteiger partial charge in [-0.3, -0.25) is 9.89 Å². The molecule has 0 spiro atoms. The Labute approximate surface area is 82.3 Å². The van der Waals surface area contributed by atoms with Gasteiger partial charge in [0.05, 0.1) is 0 Å². The van der Waals surface area contributed by atoms with E-state index in [9.17, 15) is 4.79 Å². The molecule has 0 aliphatic carbocycles. The highest BCUT2D eigenvalue weighted by molar-refractivity contribution is 5.92. The standard InChI is InChI=1S/C9H14N4O/c10-6-7-2-1-5-13(7)9(14)8-3-4-11-12-8/h3-4,7H,1-2,5-6,10H2,(H,11,12)/t7-/m0/s1. The maximum absolute atomic E-state index is 11.9. The number of nitrogens with one attached hydrogen (secondary N) is 1. The molecule has 2 rings (SSSR count). The summed E-state index contributed by atoms with van der Waals surface area (Å²) in [6.45, 7) is 1.35. The molecular weight excluding hydrogens is 180 g/mol. The van der Waals surface area contributed by atoms with Gasteiger partial charge < -0.3 is 10.6 Å². The van der Waals surface area contributed by atoms with E-state index in [1.807, 2.05) is 4.90 Å². The van der Waals surface area contributed by atoms with Gasteiger partial charge in [-0.1, -0.05) is 0 Å². The summed E-state index contributed by atoms with van der Waals surface area (Å²) in [6.07, 6.45) is 3.64. The van der Waals surface area contributed by atoms with Crippen LogP contribution in [-0.4, -0.2) is 40.1 Å². The topological polar surface area (TPSA) is 75.0 Å². The molecule has 0 radical (unpaired) electrons. The molecule has 3 N–H and O–H groups in total. The highest BCUT2D eigenvalue weighted by Crippen LogP contribution is 2.18. The molecule has 1 aliphatic rings. The predicted molar refractivity (Wildman–Crippen MR) is 51.7 cm³/mol. The number of carbonyl (C=O) groups excluding carboxylic acids is 1. The van der Waals surface area contributed by atoms with Gasteiger partial charge in [0.2, 0.25) is 0 Å². The minimum Gasteiger partial charge on any atom is -0.333 e. The van der Waals surface area contributed by atoms with Crippen LogP contribution in [0.3, 0.4) is 0 Å². The Morgan fingerprint density at radius 1 is 1.79 bits per heavy atom. The fourth-order valence-corrected chi connectivity index (χ4v) is 1.88. The molecule has 0 unspecified atom stereocenters. The first-order valence-corrected chi connectivity index (χ1v) is 4.83. The Bertz CT molecular complexity index is 309. The van der Waals surface area contributed by atoms with E-state index < -0.39 is 0 Å². The van der Waals surface area contributed by atoms with Gasteiger partial charge in [-0.25, -0.2) is 0 Å². The highest BCUT2D eigenvalue weighted by atomic mass is 16.2. The van der Waals surface area contributed by atoms with Crippen molar-refractivity contribution in [2.45, 2.75) is 18.9 Å². The molecule has 1 atom stereocenters. The Morgan fingerprint density at radius 2 is 2.64 bits per heavy atom. The molecule has 5 nitrogen and oxygen atoms in total. The number of H-pyrrole nitrogens is 1. The van der Waals surface area contributed by atoms with Crippen LogP contribution in [-0.2, 0) is 0 Å². The lowest BCUT2D eigenvalue weighted by Crippen LogP contribution is -2.40. The van der Waals surface area contributed by atoms with Gasteiger partial charge in [0.25, 0.3) is 5.91 Å². The van der Waals surface area contributed by atoms with Crippen molar-refractivity contribution in [3.63, 3.8) is 0 Å². The van der Waals surface area contributed by atoms with Gasteiger partial charge in [0.15, 0.2) is 0 Å². The summed E-state index contributed by atoms with van der Waals surface area (Å²) in [4.78, 5) is 13.7. The number of nitrogens with zero attached hydrogens (tertiary/aromatic N) is 2. The highest BCUT2D eigenvalue weighted by Gasteiger charge is 2.28. The number of amides is 1. The van der Waals surface area contributed by atoms with Crippen LogP contribution in [0.4, 0.5) is 0 Å². The van der Waals surface area contributed by atoms with Gasteiger partial charge in [0, 0.05) is 25.3 Å². The number of likely N-dealkylation sites (tertiary alicyclic amines) is 1. The van der Waals surface area contributed by atoms with Crippen LogP contribution in [0.1, 0.15) is 23.3 Å². The quantitative estimate of drug-likeness (QED) is 0.694. The van der Waals surface area contributed by atoms with Crippen molar-refractivity contribution in [1.82, 2.24) is 15.1 Å². The average Bonchev–Trinajstić information content (AvgIpc) is 2.87. The van der Waals surface area contributed by atoms with Crippen LogP contribution in [0.5, 0.6) is 0 Å². The molecule has 1 amide bonds. The minimum atomic E-state index is 0.00968. The summed E-state index contributed by atoms with van der Waals surface area (Å²) in [6, 6.07) is 1.89. The van der Waals surface area contributed by atoms with E-state index in [1.165, 1.54) is 0 Å². The van der Waals surface area contributed by atoms with Gasteiger partial charge in [-0.2, -0.15) is 5.10 Å². The van der Waals surface area contributed by atoms with Crippen LogP contribution in [0.15, 0.2) is 12.3 Å². The lowest BCUT2D eigenvalue weighted by Gasteiger charge is -2.22. The van der Waals surface area contributed by atoms with Gasteiger partial charge in [-0.05, 0) is 18.9 Å². The number of hydrogen-bond donors (Lipinski definition) is 2. The molecule has 1 saturated heterocycles. The van der Waals surface area contributed by atoms with Crippen LogP contribution in [0.2, 0.25) is 0 Å². The summed E-state index contributed by atoms with van der Waals surface area (Å²) >= 11 is 0. The SMILES string of the molecule is NC[C@@H]1CCCN1C(=O)c1ccn[nH]1. The van der Waals surface area contributed by atoms with Crippen molar-refractivity contribution in [2.75, 3.05) is 13.1 Å². The predicted octanol–water partition coefficient (Wildman–Crippen LogP) is -0.0270. The molecule has 14 heavy (non-hydrogen) atoms. The molecule has 0 bridgehead atoms. The van der Waals surface area contributed by atoms with Crippen molar-refractivity contribution in [3.8, 4) is 0 Å². The van der Waals surface area contributed by atoms with Crippen LogP contribution < -0.4 is 5.73 Å². The van der Waals surface area contributed by atoms with E-state index in [4.69, 9.17) is 5.73 Å². The van der Waals surface area contributed by atoms with E-state index in [0.29, 0.717) is 12.2 Å². The first-order chi connectivity index (χ1) is 6.83. The summed E-state index contributed by atoms with van der Waals surface area (Å²) < 4.78 is 0. The largest absolute Gasteiger partial charge is 0.333 e. The molecule has 0 saturated carbocycles. The van der Waals surface area contributed by atoms with Crippen LogP contribution in [0, 0.1) is 0 Å². The summed E-state index contributed by atoms with van der Waals surface area (Å²) in [5.41, 5.74) is 6.14.